The fourth-order valence-corrected chi connectivity index (χ4v) is 2.56. The third-order valence-electron chi connectivity index (χ3n) is 3.68. The minimum absolute atomic E-state index is 1.06. The zero-order valence-corrected chi connectivity index (χ0v) is 7.68. The molecule has 0 aromatic heterocycles. The monoisotopic (exact) mass is 152 g/mol. The topological polar surface area (TPSA) is 0 Å². The highest BCUT2D eigenvalue weighted by Crippen LogP contribution is 2.39. The molecule has 0 radical (unpaired) electrons. The van der Waals surface area contributed by atoms with Crippen LogP contribution in [0.4, 0.5) is 0 Å². The van der Waals surface area contributed by atoms with Gasteiger partial charge in [-0.3, -0.25) is 0 Å². The molecule has 0 bridgehead atoms. The average molecular weight is 152 g/mol. The van der Waals surface area contributed by atoms with Gasteiger partial charge < -0.3 is 0 Å². The van der Waals surface area contributed by atoms with Crippen LogP contribution in [0.1, 0.15) is 51.9 Å². The summed E-state index contributed by atoms with van der Waals surface area (Å²) in [5.41, 5.74) is 0. The molecule has 0 N–H and O–H groups in total. The van der Waals surface area contributed by atoms with E-state index in [4.69, 9.17) is 0 Å². The summed E-state index contributed by atoms with van der Waals surface area (Å²) in [4.78, 5) is 0. The van der Waals surface area contributed by atoms with Gasteiger partial charge in [0.15, 0.2) is 0 Å². The lowest BCUT2D eigenvalue weighted by atomic mass is 9.71. The SMILES string of the molecule is CC1CC(CCC2CCC2)C1. The largest absolute Gasteiger partial charge is 0.0625 e. The van der Waals surface area contributed by atoms with E-state index >= 15 is 0 Å². The van der Waals surface area contributed by atoms with E-state index in [0.717, 1.165) is 17.8 Å². The predicted molar refractivity (Wildman–Crippen MR) is 48.5 cm³/mol. The first-order valence-corrected chi connectivity index (χ1v) is 5.34. The van der Waals surface area contributed by atoms with Crippen molar-refractivity contribution in [3.63, 3.8) is 0 Å². The molecule has 2 fully saturated rings. The van der Waals surface area contributed by atoms with Gasteiger partial charge in [-0.15, -0.1) is 0 Å². The Hall–Kier alpha value is 0. The predicted octanol–water partition coefficient (Wildman–Crippen LogP) is 3.61. The summed E-state index contributed by atoms with van der Waals surface area (Å²) < 4.78 is 0. The van der Waals surface area contributed by atoms with E-state index in [1.807, 2.05) is 0 Å². The zero-order chi connectivity index (χ0) is 7.68. The maximum Gasteiger partial charge on any atom is -0.0409 e. The van der Waals surface area contributed by atoms with Crippen molar-refractivity contribution in [2.45, 2.75) is 51.9 Å². The molecule has 2 aliphatic rings. The quantitative estimate of drug-likeness (QED) is 0.579. The summed E-state index contributed by atoms with van der Waals surface area (Å²) in [6, 6.07) is 0. The summed E-state index contributed by atoms with van der Waals surface area (Å²) in [5.74, 6) is 3.33. The highest BCUT2D eigenvalue weighted by Gasteiger charge is 2.26. The van der Waals surface area contributed by atoms with Crippen molar-refractivity contribution in [1.29, 1.82) is 0 Å². The molecule has 0 atom stereocenters. The summed E-state index contributed by atoms with van der Waals surface area (Å²) in [6.07, 6.45) is 10.8. The Balaban J connectivity index is 1.53. The molecule has 64 valence electrons. The highest BCUT2D eigenvalue weighted by atomic mass is 14.3. The van der Waals surface area contributed by atoms with Crippen LogP contribution in [-0.2, 0) is 0 Å². The van der Waals surface area contributed by atoms with Crippen molar-refractivity contribution in [1.82, 2.24) is 0 Å². The normalized spacial score (nSPS) is 37.9. The lowest BCUT2D eigenvalue weighted by molar-refractivity contribution is 0.170. The molecule has 2 rings (SSSR count). The Labute approximate surface area is 70.4 Å². The second kappa shape index (κ2) is 3.16. The van der Waals surface area contributed by atoms with Crippen LogP contribution in [-0.4, -0.2) is 0 Å². The van der Waals surface area contributed by atoms with Gasteiger partial charge in [0.1, 0.15) is 0 Å². The van der Waals surface area contributed by atoms with E-state index in [-0.39, 0.29) is 0 Å². The molecule has 0 unspecified atom stereocenters. The molecule has 0 aromatic rings. The molecular formula is C11H20. The van der Waals surface area contributed by atoms with Crippen LogP contribution >= 0.6 is 0 Å². The number of rotatable bonds is 3. The Morgan fingerprint density at radius 2 is 1.64 bits per heavy atom. The van der Waals surface area contributed by atoms with Crippen molar-refractivity contribution in [3.8, 4) is 0 Å². The molecule has 0 nitrogen and oxygen atoms in total. The summed E-state index contributed by atoms with van der Waals surface area (Å²) in [5, 5.41) is 0. The summed E-state index contributed by atoms with van der Waals surface area (Å²) in [6.45, 7) is 2.39. The van der Waals surface area contributed by atoms with Gasteiger partial charge in [0.2, 0.25) is 0 Å². The van der Waals surface area contributed by atoms with Gasteiger partial charge in [-0.1, -0.05) is 39.0 Å². The maximum absolute atomic E-state index is 2.39. The van der Waals surface area contributed by atoms with Gasteiger partial charge in [0.25, 0.3) is 0 Å². The first kappa shape index (κ1) is 7.64. The van der Waals surface area contributed by atoms with Gasteiger partial charge >= 0.3 is 0 Å². The second-order valence-electron chi connectivity index (χ2n) is 4.82. The molecule has 0 heteroatoms. The van der Waals surface area contributed by atoms with Gasteiger partial charge in [0.05, 0.1) is 0 Å². The first-order valence-electron chi connectivity index (χ1n) is 5.34. The van der Waals surface area contributed by atoms with Crippen LogP contribution in [0.5, 0.6) is 0 Å². The molecule has 0 aromatic carbocycles. The minimum atomic E-state index is 1.06. The number of hydrogen-bond acceptors (Lipinski definition) is 0. The molecule has 0 amide bonds. The second-order valence-corrected chi connectivity index (χ2v) is 4.82. The Kier molecular flexibility index (Phi) is 2.20. The van der Waals surface area contributed by atoms with Crippen LogP contribution in [0.15, 0.2) is 0 Å². The van der Waals surface area contributed by atoms with E-state index in [9.17, 15) is 0 Å². The van der Waals surface area contributed by atoms with Crippen LogP contribution in [0, 0.1) is 17.8 Å². The third kappa shape index (κ3) is 1.77. The highest BCUT2D eigenvalue weighted by molar-refractivity contribution is 4.78. The Morgan fingerprint density at radius 1 is 1.00 bits per heavy atom. The van der Waals surface area contributed by atoms with Crippen molar-refractivity contribution in [2.24, 2.45) is 17.8 Å². The summed E-state index contributed by atoms with van der Waals surface area (Å²) in [7, 11) is 0. The van der Waals surface area contributed by atoms with E-state index < -0.39 is 0 Å². The molecule has 11 heavy (non-hydrogen) atoms. The van der Waals surface area contributed by atoms with Crippen molar-refractivity contribution >= 4 is 0 Å². The van der Waals surface area contributed by atoms with Gasteiger partial charge in [0, 0.05) is 0 Å². The van der Waals surface area contributed by atoms with Crippen LogP contribution < -0.4 is 0 Å². The van der Waals surface area contributed by atoms with E-state index in [1.54, 1.807) is 25.7 Å². The molecule has 2 saturated carbocycles. The Bertz CT molecular complexity index is 118. The van der Waals surface area contributed by atoms with Crippen LogP contribution in [0.25, 0.3) is 0 Å². The standard InChI is InChI=1S/C11H20/c1-9-7-11(8-9)6-5-10-3-2-4-10/h9-11H,2-8H2,1H3. The average Bonchev–Trinajstić information content (AvgIpc) is 1.80. The molecule has 0 aliphatic heterocycles. The van der Waals surface area contributed by atoms with E-state index in [2.05, 4.69) is 6.92 Å². The minimum Gasteiger partial charge on any atom is -0.0625 e. The van der Waals surface area contributed by atoms with Crippen LogP contribution in [0.2, 0.25) is 0 Å². The van der Waals surface area contributed by atoms with E-state index in [1.165, 1.54) is 19.3 Å². The lowest BCUT2D eigenvalue weighted by Crippen LogP contribution is -2.22. The van der Waals surface area contributed by atoms with Crippen molar-refractivity contribution in [2.75, 3.05) is 0 Å². The molecule has 0 spiro atoms. The molecule has 2 aliphatic carbocycles. The lowest BCUT2D eigenvalue weighted by Gasteiger charge is -2.35. The number of hydrogen-bond donors (Lipinski definition) is 0. The van der Waals surface area contributed by atoms with Crippen LogP contribution in [0.3, 0.4) is 0 Å². The molecular weight excluding hydrogens is 132 g/mol. The fourth-order valence-electron chi connectivity index (χ4n) is 2.56. The molecule has 0 heterocycles. The fraction of sp³-hybridized carbons (Fsp3) is 1.00. The smallest absolute Gasteiger partial charge is 0.0409 e. The summed E-state index contributed by atoms with van der Waals surface area (Å²) >= 11 is 0. The van der Waals surface area contributed by atoms with Crippen molar-refractivity contribution < 1.29 is 0 Å². The molecule has 0 saturated heterocycles. The van der Waals surface area contributed by atoms with E-state index in [0.29, 0.717) is 0 Å². The first-order chi connectivity index (χ1) is 5.34. The maximum atomic E-state index is 2.39. The Morgan fingerprint density at radius 3 is 2.09 bits per heavy atom. The van der Waals surface area contributed by atoms with Gasteiger partial charge in [-0.05, 0) is 30.6 Å². The van der Waals surface area contributed by atoms with Gasteiger partial charge in [-0.25, -0.2) is 0 Å². The van der Waals surface area contributed by atoms with Gasteiger partial charge in [-0.2, -0.15) is 0 Å². The zero-order valence-electron chi connectivity index (χ0n) is 7.68. The third-order valence-corrected chi connectivity index (χ3v) is 3.68. The van der Waals surface area contributed by atoms with Crippen molar-refractivity contribution in [3.05, 3.63) is 0 Å².